The first-order chi connectivity index (χ1) is 12.6. The molecule has 0 aromatic carbocycles. The Hall–Kier alpha value is -1.50. The second-order valence-electron chi connectivity index (χ2n) is 9.32. The molecule has 2 N–H and O–H groups in total. The molecule has 2 aliphatic heterocycles. The summed E-state index contributed by atoms with van der Waals surface area (Å²) in [6.07, 6.45) is 2.24. The number of carbonyl (C=O) groups excluding carboxylic acids is 1. The molecule has 1 atom stereocenters. The largest absolute Gasteiger partial charge is 0.444 e. The van der Waals surface area contributed by atoms with E-state index in [1.54, 1.807) is 4.90 Å². The van der Waals surface area contributed by atoms with Crippen LogP contribution in [0.2, 0.25) is 0 Å². The maximum atomic E-state index is 12.1. The maximum absolute atomic E-state index is 12.1. The highest BCUT2D eigenvalue weighted by atomic mass is 16.6. The summed E-state index contributed by atoms with van der Waals surface area (Å²) in [5.74, 6) is 1.91. The number of hydrogen-bond acceptors (Lipinski definition) is 4. The molecule has 0 spiro atoms. The molecule has 2 rings (SSSR count). The fourth-order valence-corrected chi connectivity index (χ4v) is 3.75. The van der Waals surface area contributed by atoms with Crippen molar-refractivity contribution in [2.45, 2.75) is 53.1 Å². The SMILES string of the molecule is CC(C)CN1CCCC(CN=C(N)N2CCN(C(=O)OC(C)(C)C)CC2)C1. The molecule has 0 aromatic heterocycles. The van der Waals surface area contributed by atoms with Crippen LogP contribution in [0.3, 0.4) is 0 Å². The van der Waals surface area contributed by atoms with Gasteiger partial charge in [0.05, 0.1) is 0 Å². The van der Waals surface area contributed by atoms with Crippen molar-refractivity contribution in [2.75, 3.05) is 52.4 Å². The molecule has 7 heteroatoms. The van der Waals surface area contributed by atoms with Crippen molar-refractivity contribution in [1.82, 2.24) is 14.7 Å². The Kier molecular flexibility index (Phi) is 7.77. The summed E-state index contributed by atoms with van der Waals surface area (Å²) < 4.78 is 5.44. The highest BCUT2D eigenvalue weighted by Crippen LogP contribution is 2.18. The van der Waals surface area contributed by atoms with Gasteiger partial charge in [-0.25, -0.2) is 4.79 Å². The zero-order valence-electron chi connectivity index (χ0n) is 17.9. The van der Waals surface area contributed by atoms with Gasteiger partial charge in [0.1, 0.15) is 5.60 Å². The standard InChI is InChI=1S/C20H39N5O2/c1-16(2)14-23-8-6-7-17(15-23)13-22-18(21)24-9-11-25(12-10-24)19(26)27-20(3,4)5/h16-17H,6-15H2,1-5H3,(H2,21,22). The smallest absolute Gasteiger partial charge is 0.410 e. The molecule has 0 aromatic rings. The second kappa shape index (κ2) is 9.62. The summed E-state index contributed by atoms with van der Waals surface area (Å²) in [6, 6.07) is 0. The van der Waals surface area contributed by atoms with Gasteiger partial charge >= 0.3 is 6.09 Å². The van der Waals surface area contributed by atoms with Gasteiger partial charge in [0.2, 0.25) is 0 Å². The van der Waals surface area contributed by atoms with E-state index in [1.807, 2.05) is 20.8 Å². The lowest BCUT2D eigenvalue weighted by Crippen LogP contribution is -2.53. The fraction of sp³-hybridized carbons (Fsp3) is 0.900. The molecule has 27 heavy (non-hydrogen) atoms. The van der Waals surface area contributed by atoms with Crippen LogP contribution in [0.1, 0.15) is 47.5 Å². The Bertz CT molecular complexity index is 507. The number of guanidine groups is 1. The molecular formula is C20H39N5O2. The van der Waals surface area contributed by atoms with Gasteiger partial charge in [0.25, 0.3) is 0 Å². The van der Waals surface area contributed by atoms with Gasteiger partial charge in [-0.3, -0.25) is 4.99 Å². The number of nitrogens with two attached hydrogens (primary N) is 1. The minimum atomic E-state index is -0.460. The minimum Gasteiger partial charge on any atom is -0.444 e. The average Bonchev–Trinajstić information content (AvgIpc) is 2.58. The number of hydrogen-bond donors (Lipinski definition) is 1. The van der Waals surface area contributed by atoms with E-state index in [1.165, 1.54) is 25.9 Å². The lowest BCUT2D eigenvalue weighted by Gasteiger charge is -2.36. The number of nitrogens with zero attached hydrogens (tertiary/aromatic N) is 4. The van der Waals surface area contributed by atoms with Crippen LogP contribution in [0.4, 0.5) is 4.79 Å². The van der Waals surface area contributed by atoms with Crippen molar-refractivity contribution < 1.29 is 9.53 Å². The van der Waals surface area contributed by atoms with Crippen molar-refractivity contribution in [2.24, 2.45) is 22.6 Å². The molecule has 1 unspecified atom stereocenters. The van der Waals surface area contributed by atoms with Gasteiger partial charge < -0.3 is 25.2 Å². The summed E-state index contributed by atoms with van der Waals surface area (Å²) in [7, 11) is 0. The van der Waals surface area contributed by atoms with E-state index in [-0.39, 0.29) is 6.09 Å². The van der Waals surface area contributed by atoms with Crippen LogP contribution >= 0.6 is 0 Å². The Balaban J connectivity index is 1.76. The number of carbonyl (C=O) groups is 1. The van der Waals surface area contributed by atoms with Crippen molar-refractivity contribution >= 4 is 12.1 Å². The molecule has 0 radical (unpaired) electrons. The zero-order valence-corrected chi connectivity index (χ0v) is 17.9. The molecule has 0 saturated carbocycles. The minimum absolute atomic E-state index is 0.245. The van der Waals surface area contributed by atoms with Gasteiger partial charge in [0, 0.05) is 45.8 Å². The molecule has 1 amide bonds. The van der Waals surface area contributed by atoms with Crippen LogP contribution in [-0.2, 0) is 4.74 Å². The Morgan fingerprint density at radius 1 is 1.15 bits per heavy atom. The molecule has 2 saturated heterocycles. The van der Waals surface area contributed by atoms with Gasteiger partial charge in [0.15, 0.2) is 5.96 Å². The van der Waals surface area contributed by atoms with E-state index in [0.717, 1.165) is 13.1 Å². The number of likely N-dealkylation sites (tertiary alicyclic amines) is 1. The maximum Gasteiger partial charge on any atom is 0.410 e. The topological polar surface area (TPSA) is 74.4 Å². The zero-order chi connectivity index (χ0) is 20.0. The molecule has 156 valence electrons. The highest BCUT2D eigenvalue weighted by molar-refractivity contribution is 5.78. The summed E-state index contributed by atoms with van der Waals surface area (Å²) >= 11 is 0. The predicted octanol–water partition coefficient (Wildman–Crippen LogP) is 2.22. The van der Waals surface area contributed by atoms with Gasteiger partial charge in [-0.2, -0.15) is 0 Å². The number of piperidine rings is 1. The number of piperazine rings is 1. The summed E-state index contributed by atoms with van der Waals surface area (Å²) in [5.41, 5.74) is 5.77. The first-order valence-electron chi connectivity index (χ1n) is 10.4. The normalized spacial score (nSPS) is 23.0. The molecule has 2 fully saturated rings. The predicted molar refractivity (Wildman–Crippen MR) is 110 cm³/mol. The fourth-order valence-electron chi connectivity index (χ4n) is 3.75. The van der Waals surface area contributed by atoms with Crippen molar-refractivity contribution in [3.63, 3.8) is 0 Å². The number of aliphatic imine (C=N–C) groups is 1. The monoisotopic (exact) mass is 381 g/mol. The summed E-state index contributed by atoms with van der Waals surface area (Å²) in [4.78, 5) is 23.2. The van der Waals surface area contributed by atoms with Gasteiger partial charge in [-0.05, 0) is 52.0 Å². The van der Waals surface area contributed by atoms with E-state index in [2.05, 4.69) is 28.6 Å². The molecule has 7 nitrogen and oxygen atoms in total. The Morgan fingerprint density at radius 2 is 1.78 bits per heavy atom. The Morgan fingerprint density at radius 3 is 2.37 bits per heavy atom. The molecule has 0 bridgehead atoms. The first kappa shape index (κ1) is 21.8. The average molecular weight is 382 g/mol. The van der Waals surface area contributed by atoms with Gasteiger partial charge in [-0.1, -0.05) is 13.8 Å². The van der Waals surface area contributed by atoms with Crippen LogP contribution in [0.25, 0.3) is 0 Å². The number of rotatable bonds is 4. The van der Waals surface area contributed by atoms with Crippen molar-refractivity contribution in [1.29, 1.82) is 0 Å². The number of ether oxygens (including phenoxy) is 1. The van der Waals surface area contributed by atoms with E-state index >= 15 is 0 Å². The summed E-state index contributed by atoms with van der Waals surface area (Å²) in [6.45, 7) is 17.2. The highest BCUT2D eigenvalue weighted by Gasteiger charge is 2.27. The lowest BCUT2D eigenvalue weighted by molar-refractivity contribution is 0.0186. The lowest BCUT2D eigenvalue weighted by atomic mass is 9.97. The molecule has 0 aliphatic carbocycles. The third kappa shape index (κ3) is 7.56. The quantitative estimate of drug-likeness (QED) is 0.597. The number of amides is 1. The van der Waals surface area contributed by atoms with E-state index in [0.29, 0.717) is 44.0 Å². The molecule has 2 heterocycles. The van der Waals surface area contributed by atoms with Crippen molar-refractivity contribution in [3.8, 4) is 0 Å². The van der Waals surface area contributed by atoms with Gasteiger partial charge in [-0.15, -0.1) is 0 Å². The molecular weight excluding hydrogens is 342 g/mol. The third-order valence-electron chi connectivity index (χ3n) is 4.99. The van der Waals surface area contributed by atoms with E-state index in [4.69, 9.17) is 10.5 Å². The summed E-state index contributed by atoms with van der Waals surface area (Å²) in [5, 5.41) is 0. The van der Waals surface area contributed by atoms with Crippen LogP contribution in [0.5, 0.6) is 0 Å². The van der Waals surface area contributed by atoms with Crippen LogP contribution < -0.4 is 5.73 Å². The van der Waals surface area contributed by atoms with Crippen LogP contribution in [-0.4, -0.2) is 84.7 Å². The van der Waals surface area contributed by atoms with Crippen LogP contribution in [0.15, 0.2) is 4.99 Å². The van der Waals surface area contributed by atoms with E-state index < -0.39 is 5.60 Å². The third-order valence-corrected chi connectivity index (χ3v) is 4.99. The Labute approximate surface area is 164 Å². The first-order valence-corrected chi connectivity index (χ1v) is 10.4. The second-order valence-corrected chi connectivity index (χ2v) is 9.32. The molecule has 2 aliphatic rings. The van der Waals surface area contributed by atoms with E-state index in [9.17, 15) is 4.79 Å². The van der Waals surface area contributed by atoms with Crippen LogP contribution in [0, 0.1) is 11.8 Å². The van der Waals surface area contributed by atoms with Crippen molar-refractivity contribution in [3.05, 3.63) is 0 Å².